The molecule has 0 radical (unpaired) electrons. The van der Waals surface area contributed by atoms with Crippen LogP contribution in [0.1, 0.15) is 28.7 Å². The molecule has 2 aromatic rings. The van der Waals surface area contributed by atoms with Crippen molar-refractivity contribution in [3.05, 3.63) is 41.2 Å². The molecule has 0 spiro atoms. The number of rotatable bonds is 3. The number of carboxylic acid groups (broad SMARTS) is 1. The molecule has 1 aromatic carbocycles. The maximum Gasteiger partial charge on any atom is 0.335 e. The molecule has 1 aromatic heterocycles. The predicted molar refractivity (Wildman–Crippen MR) is 62.4 cm³/mol. The smallest absolute Gasteiger partial charge is 0.335 e. The molecule has 1 N–H and O–H groups in total. The monoisotopic (exact) mass is 242 g/mol. The van der Waals surface area contributed by atoms with Gasteiger partial charge in [0.2, 0.25) is 0 Å². The molecule has 0 aliphatic rings. The van der Waals surface area contributed by atoms with Gasteiger partial charge in [0.25, 0.3) is 0 Å². The summed E-state index contributed by atoms with van der Waals surface area (Å²) >= 11 is 0. The lowest BCUT2D eigenvalue weighted by atomic mass is 10.2. The van der Waals surface area contributed by atoms with Gasteiger partial charge < -0.3 is 5.11 Å². The molecule has 1 heterocycles. The zero-order chi connectivity index (χ0) is 13.1. The third-order valence-corrected chi connectivity index (χ3v) is 2.54. The van der Waals surface area contributed by atoms with Crippen LogP contribution in [-0.4, -0.2) is 26.1 Å². The topological polar surface area (TPSA) is 91.8 Å². The highest BCUT2D eigenvalue weighted by Gasteiger charge is 2.13. The van der Waals surface area contributed by atoms with E-state index < -0.39 is 5.97 Å². The minimum atomic E-state index is -1.00. The molecule has 0 unspecified atom stereocenters. The van der Waals surface area contributed by atoms with E-state index in [1.54, 1.807) is 12.1 Å². The van der Waals surface area contributed by atoms with Crippen molar-refractivity contribution in [2.45, 2.75) is 13.3 Å². The zero-order valence-electron chi connectivity index (χ0n) is 9.66. The first-order valence-corrected chi connectivity index (χ1v) is 5.35. The Morgan fingerprint density at radius 3 is 2.94 bits per heavy atom. The predicted octanol–water partition coefficient (Wildman–Crippen LogP) is 1.40. The number of hydrogen-bond acceptors (Lipinski definition) is 4. The SMILES string of the molecule is CCc1c(C#N)nnn1-c1cccc(C(=O)O)c1. The van der Waals surface area contributed by atoms with Crippen molar-refractivity contribution in [2.75, 3.05) is 0 Å². The van der Waals surface area contributed by atoms with Gasteiger partial charge in [0, 0.05) is 0 Å². The maximum atomic E-state index is 10.9. The van der Waals surface area contributed by atoms with E-state index in [1.165, 1.54) is 16.8 Å². The lowest BCUT2D eigenvalue weighted by Crippen LogP contribution is -2.04. The molecule has 0 aliphatic carbocycles. The van der Waals surface area contributed by atoms with Gasteiger partial charge >= 0.3 is 5.97 Å². The van der Waals surface area contributed by atoms with Crippen LogP contribution in [0.5, 0.6) is 0 Å². The van der Waals surface area contributed by atoms with Gasteiger partial charge in [-0.3, -0.25) is 0 Å². The van der Waals surface area contributed by atoms with Crippen LogP contribution in [0.25, 0.3) is 5.69 Å². The van der Waals surface area contributed by atoms with Crippen LogP contribution in [0, 0.1) is 11.3 Å². The van der Waals surface area contributed by atoms with Gasteiger partial charge in [0.1, 0.15) is 6.07 Å². The fraction of sp³-hybridized carbons (Fsp3) is 0.167. The van der Waals surface area contributed by atoms with E-state index in [9.17, 15) is 4.79 Å². The molecule has 0 saturated heterocycles. The van der Waals surface area contributed by atoms with Gasteiger partial charge in [-0.1, -0.05) is 18.2 Å². The molecule has 0 atom stereocenters. The second-order valence-electron chi connectivity index (χ2n) is 3.62. The van der Waals surface area contributed by atoms with Crippen molar-refractivity contribution >= 4 is 5.97 Å². The van der Waals surface area contributed by atoms with Crippen molar-refractivity contribution in [3.63, 3.8) is 0 Å². The van der Waals surface area contributed by atoms with Gasteiger partial charge in [0.05, 0.1) is 16.9 Å². The molecule has 90 valence electrons. The van der Waals surface area contributed by atoms with Crippen molar-refractivity contribution in [3.8, 4) is 11.8 Å². The fourth-order valence-corrected chi connectivity index (χ4v) is 1.68. The summed E-state index contributed by atoms with van der Waals surface area (Å²) in [4.78, 5) is 10.9. The maximum absolute atomic E-state index is 10.9. The Hall–Kier alpha value is -2.68. The normalized spacial score (nSPS) is 10.0. The number of carbonyl (C=O) groups is 1. The molecule has 6 heteroatoms. The number of carboxylic acids is 1. The van der Waals surface area contributed by atoms with Crippen molar-refractivity contribution in [2.24, 2.45) is 0 Å². The third kappa shape index (κ3) is 1.94. The molecule has 0 amide bonds. The molecule has 0 aliphatic heterocycles. The summed E-state index contributed by atoms with van der Waals surface area (Å²) < 4.78 is 1.49. The Labute approximate surface area is 103 Å². The van der Waals surface area contributed by atoms with E-state index in [1.807, 2.05) is 13.0 Å². The summed E-state index contributed by atoms with van der Waals surface area (Å²) in [5.74, 6) is -1.00. The summed E-state index contributed by atoms with van der Waals surface area (Å²) in [6.45, 7) is 1.89. The fourth-order valence-electron chi connectivity index (χ4n) is 1.68. The van der Waals surface area contributed by atoms with Gasteiger partial charge in [-0.05, 0) is 24.6 Å². The first-order chi connectivity index (χ1) is 8.67. The molecule has 0 fully saturated rings. The first-order valence-electron chi connectivity index (χ1n) is 5.35. The van der Waals surface area contributed by atoms with Crippen LogP contribution in [0.3, 0.4) is 0 Å². The lowest BCUT2D eigenvalue weighted by Gasteiger charge is -2.05. The van der Waals surface area contributed by atoms with Gasteiger partial charge in [-0.25, -0.2) is 9.48 Å². The summed E-state index contributed by atoms with van der Waals surface area (Å²) in [7, 11) is 0. The highest BCUT2D eigenvalue weighted by molar-refractivity contribution is 5.88. The second-order valence-corrected chi connectivity index (χ2v) is 3.62. The van der Waals surface area contributed by atoms with Crippen LogP contribution >= 0.6 is 0 Å². The van der Waals surface area contributed by atoms with E-state index in [-0.39, 0.29) is 11.3 Å². The average molecular weight is 242 g/mol. The molecule has 0 saturated carbocycles. The summed E-state index contributed by atoms with van der Waals surface area (Å²) in [5.41, 5.74) is 1.68. The highest BCUT2D eigenvalue weighted by Crippen LogP contribution is 2.14. The molecule has 0 bridgehead atoms. The van der Waals surface area contributed by atoms with Gasteiger partial charge in [-0.2, -0.15) is 5.26 Å². The number of aromatic nitrogens is 3. The van der Waals surface area contributed by atoms with Crippen LogP contribution in [0.2, 0.25) is 0 Å². The van der Waals surface area contributed by atoms with Crippen molar-refractivity contribution in [1.29, 1.82) is 5.26 Å². The number of hydrogen-bond donors (Lipinski definition) is 1. The number of aromatic carboxylic acids is 1. The van der Waals surface area contributed by atoms with E-state index in [2.05, 4.69) is 10.3 Å². The minimum Gasteiger partial charge on any atom is -0.478 e. The van der Waals surface area contributed by atoms with E-state index in [0.717, 1.165) is 0 Å². The number of nitriles is 1. The summed E-state index contributed by atoms with van der Waals surface area (Å²) in [6.07, 6.45) is 0.590. The second kappa shape index (κ2) is 4.67. The largest absolute Gasteiger partial charge is 0.478 e. The van der Waals surface area contributed by atoms with Gasteiger partial charge in [-0.15, -0.1) is 5.10 Å². The van der Waals surface area contributed by atoms with Crippen LogP contribution in [-0.2, 0) is 6.42 Å². The lowest BCUT2D eigenvalue weighted by molar-refractivity contribution is 0.0697. The Balaban J connectivity index is 2.56. The Morgan fingerprint density at radius 2 is 2.33 bits per heavy atom. The van der Waals surface area contributed by atoms with Gasteiger partial charge in [0.15, 0.2) is 5.69 Å². The molecular weight excluding hydrogens is 232 g/mol. The summed E-state index contributed by atoms with van der Waals surface area (Å²) in [5, 5.41) is 25.5. The minimum absolute atomic E-state index is 0.170. The van der Waals surface area contributed by atoms with E-state index in [4.69, 9.17) is 10.4 Å². The quantitative estimate of drug-likeness (QED) is 0.878. The zero-order valence-corrected chi connectivity index (χ0v) is 9.66. The standard InChI is InChI=1S/C12H10N4O2/c1-2-11-10(7-13)14-15-16(11)9-5-3-4-8(6-9)12(17)18/h3-6H,2H2,1H3,(H,17,18). The Bertz CT molecular complexity index is 640. The first kappa shape index (κ1) is 11.8. The van der Waals surface area contributed by atoms with Crippen molar-refractivity contribution < 1.29 is 9.90 Å². The van der Waals surface area contributed by atoms with Crippen molar-refractivity contribution in [1.82, 2.24) is 15.0 Å². The van der Waals surface area contributed by atoms with Crippen LogP contribution in [0.4, 0.5) is 0 Å². The van der Waals surface area contributed by atoms with Crippen LogP contribution in [0.15, 0.2) is 24.3 Å². The molecule has 18 heavy (non-hydrogen) atoms. The van der Waals surface area contributed by atoms with E-state index in [0.29, 0.717) is 17.8 Å². The summed E-state index contributed by atoms with van der Waals surface area (Å²) in [6, 6.07) is 8.31. The Kier molecular flexibility index (Phi) is 3.06. The third-order valence-electron chi connectivity index (χ3n) is 2.54. The molecule has 6 nitrogen and oxygen atoms in total. The average Bonchev–Trinajstić information content (AvgIpc) is 2.81. The molecule has 2 rings (SSSR count). The highest BCUT2D eigenvalue weighted by atomic mass is 16.4. The molecular formula is C12H10N4O2. The number of nitrogens with zero attached hydrogens (tertiary/aromatic N) is 4. The number of benzene rings is 1. The van der Waals surface area contributed by atoms with E-state index >= 15 is 0 Å². The Morgan fingerprint density at radius 1 is 1.56 bits per heavy atom. The van der Waals surface area contributed by atoms with Crippen LogP contribution < -0.4 is 0 Å².